The minimum absolute atomic E-state index is 0.345. The van der Waals surface area contributed by atoms with Crippen LogP contribution < -0.4 is 0 Å². The predicted molar refractivity (Wildman–Crippen MR) is 50.4 cm³/mol. The molecule has 1 saturated carbocycles. The summed E-state index contributed by atoms with van der Waals surface area (Å²) in [6, 6.07) is 4.41. The Hall–Kier alpha value is -1.18. The van der Waals surface area contributed by atoms with Crippen LogP contribution in [-0.2, 0) is 10.3 Å². The van der Waals surface area contributed by atoms with E-state index in [1.807, 2.05) is 0 Å². The van der Waals surface area contributed by atoms with E-state index in [0.29, 0.717) is 23.4 Å². The van der Waals surface area contributed by atoms with Crippen LogP contribution in [0.2, 0.25) is 5.02 Å². The van der Waals surface area contributed by atoms with Crippen LogP contribution in [0.15, 0.2) is 23.2 Å². The number of halogens is 2. The largest absolute Gasteiger partial charge is 0.235 e. The van der Waals surface area contributed by atoms with Crippen LogP contribution in [0.1, 0.15) is 18.4 Å². The van der Waals surface area contributed by atoms with Gasteiger partial charge in [-0.15, -0.1) is 0 Å². The molecule has 72 valence electrons. The molecule has 1 aliphatic rings. The number of nitrogens with zero attached hydrogens (tertiary/aromatic N) is 1. The van der Waals surface area contributed by atoms with Gasteiger partial charge < -0.3 is 0 Å². The van der Waals surface area contributed by atoms with Crippen LogP contribution in [0.3, 0.4) is 0 Å². The summed E-state index contributed by atoms with van der Waals surface area (Å²) in [5.41, 5.74) is -0.221. The first-order chi connectivity index (χ1) is 6.68. The van der Waals surface area contributed by atoms with Gasteiger partial charge in [0.2, 0.25) is 6.08 Å². The lowest BCUT2D eigenvalue weighted by molar-refractivity contribution is 0.548. The van der Waals surface area contributed by atoms with E-state index in [9.17, 15) is 9.18 Å². The van der Waals surface area contributed by atoms with Crippen LogP contribution in [0.5, 0.6) is 0 Å². The molecule has 0 bridgehead atoms. The lowest BCUT2D eigenvalue weighted by Gasteiger charge is -2.08. The summed E-state index contributed by atoms with van der Waals surface area (Å²) in [7, 11) is 0. The normalized spacial score (nSPS) is 17.3. The average Bonchev–Trinajstić information content (AvgIpc) is 2.86. The summed E-state index contributed by atoms with van der Waals surface area (Å²) in [5, 5.41) is 0.345. The molecule has 0 aromatic heterocycles. The Morgan fingerprint density at radius 2 is 2.21 bits per heavy atom. The van der Waals surface area contributed by atoms with Crippen LogP contribution >= 0.6 is 11.6 Å². The van der Waals surface area contributed by atoms with Gasteiger partial charge in [0.05, 0.1) is 0 Å². The van der Waals surface area contributed by atoms with Crippen LogP contribution in [-0.4, -0.2) is 6.08 Å². The van der Waals surface area contributed by atoms with Gasteiger partial charge in [0.1, 0.15) is 11.4 Å². The van der Waals surface area contributed by atoms with E-state index in [1.54, 1.807) is 12.1 Å². The topological polar surface area (TPSA) is 29.4 Å². The van der Waals surface area contributed by atoms with Crippen LogP contribution in [0.25, 0.3) is 0 Å². The molecule has 1 aromatic carbocycles. The van der Waals surface area contributed by atoms with E-state index in [4.69, 9.17) is 11.6 Å². The number of isocyanates is 1. The van der Waals surface area contributed by atoms with Gasteiger partial charge in [0.15, 0.2) is 0 Å². The molecule has 0 unspecified atom stereocenters. The van der Waals surface area contributed by atoms with Crippen LogP contribution in [0.4, 0.5) is 4.39 Å². The van der Waals surface area contributed by atoms with Gasteiger partial charge >= 0.3 is 0 Å². The van der Waals surface area contributed by atoms with Crippen molar-refractivity contribution in [1.29, 1.82) is 0 Å². The highest BCUT2D eigenvalue weighted by atomic mass is 35.5. The third-order valence-corrected chi connectivity index (χ3v) is 2.65. The van der Waals surface area contributed by atoms with Crippen molar-refractivity contribution < 1.29 is 9.18 Å². The minimum Gasteiger partial charge on any atom is -0.211 e. The second kappa shape index (κ2) is 3.19. The van der Waals surface area contributed by atoms with Gasteiger partial charge in [-0.1, -0.05) is 17.7 Å². The molecule has 2 nitrogen and oxygen atoms in total. The van der Waals surface area contributed by atoms with Crippen molar-refractivity contribution in [2.45, 2.75) is 18.4 Å². The molecule has 0 N–H and O–H groups in total. The molecule has 0 atom stereocenters. The molecule has 0 radical (unpaired) electrons. The number of aliphatic imine (C=N–C) groups is 1. The smallest absolute Gasteiger partial charge is 0.211 e. The third kappa shape index (κ3) is 1.45. The molecule has 1 fully saturated rings. The summed E-state index contributed by atoms with van der Waals surface area (Å²) in [6.07, 6.45) is 2.88. The molecule has 1 aromatic rings. The molecule has 4 heteroatoms. The van der Waals surface area contributed by atoms with Crippen molar-refractivity contribution in [3.63, 3.8) is 0 Å². The van der Waals surface area contributed by atoms with E-state index < -0.39 is 11.4 Å². The first-order valence-corrected chi connectivity index (χ1v) is 4.60. The van der Waals surface area contributed by atoms with E-state index >= 15 is 0 Å². The summed E-state index contributed by atoms with van der Waals surface area (Å²) < 4.78 is 13.4. The van der Waals surface area contributed by atoms with E-state index in [2.05, 4.69) is 4.99 Å². The molecule has 14 heavy (non-hydrogen) atoms. The summed E-state index contributed by atoms with van der Waals surface area (Å²) in [5.74, 6) is -0.408. The molecule has 0 aliphatic heterocycles. The van der Waals surface area contributed by atoms with Crippen LogP contribution in [0, 0.1) is 5.82 Å². The number of carbonyl (C=O) groups excluding carboxylic acids is 1. The third-order valence-electron chi connectivity index (χ3n) is 2.42. The molecule has 0 spiro atoms. The van der Waals surface area contributed by atoms with Gasteiger partial charge in [-0.3, -0.25) is 0 Å². The minimum atomic E-state index is -0.656. The fourth-order valence-corrected chi connectivity index (χ4v) is 1.67. The highest BCUT2D eigenvalue weighted by molar-refractivity contribution is 6.30. The summed E-state index contributed by atoms with van der Waals surface area (Å²) in [6.45, 7) is 0. The summed E-state index contributed by atoms with van der Waals surface area (Å²) in [4.78, 5) is 13.8. The van der Waals surface area contributed by atoms with Crippen molar-refractivity contribution in [1.82, 2.24) is 0 Å². The zero-order valence-corrected chi connectivity index (χ0v) is 8.01. The van der Waals surface area contributed by atoms with Crippen molar-refractivity contribution in [3.05, 3.63) is 34.6 Å². The Morgan fingerprint density at radius 1 is 1.50 bits per heavy atom. The van der Waals surface area contributed by atoms with Gasteiger partial charge in [-0.2, -0.15) is 4.99 Å². The standard InChI is InChI=1S/C10H7ClFNO/c11-7-1-2-8(9(12)5-7)10(3-4-10)13-6-14/h1-2,5H,3-4H2. The maximum absolute atomic E-state index is 13.4. The molecule has 2 rings (SSSR count). The Bertz CT molecular complexity index is 422. The van der Waals surface area contributed by atoms with Crippen molar-refractivity contribution in [2.75, 3.05) is 0 Å². The van der Waals surface area contributed by atoms with Gasteiger partial charge in [-0.05, 0) is 25.0 Å². The zero-order valence-electron chi connectivity index (χ0n) is 7.26. The highest BCUT2D eigenvalue weighted by Gasteiger charge is 2.46. The number of rotatable bonds is 2. The van der Waals surface area contributed by atoms with E-state index in [1.165, 1.54) is 12.1 Å². The fraction of sp³-hybridized carbons (Fsp3) is 0.300. The highest BCUT2D eigenvalue weighted by Crippen LogP contribution is 2.50. The van der Waals surface area contributed by atoms with Gasteiger partial charge in [0.25, 0.3) is 0 Å². The molecular formula is C10H7ClFNO. The maximum Gasteiger partial charge on any atom is 0.235 e. The van der Waals surface area contributed by atoms with Crippen molar-refractivity contribution >= 4 is 17.7 Å². The first-order valence-electron chi connectivity index (χ1n) is 4.22. The summed E-state index contributed by atoms with van der Waals surface area (Å²) >= 11 is 5.62. The van der Waals surface area contributed by atoms with Gasteiger partial charge in [0, 0.05) is 10.6 Å². The van der Waals surface area contributed by atoms with Crippen molar-refractivity contribution in [3.8, 4) is 0 Å². The SMILES string of the molecule is O=C=NC1(c2ccc(Cl)cc2F)CC1. The first kappa shape index (κ1) is 9.38. The molecule has 0 saturated heterocycles. The number of hydrogen-bond donors (Lipinski definition) is 0. The average molecular weight is 212 g/mol. The lowest BCUT2D eigenvalue weighted by Crippen LogP contribution is -2.05. The van der Waals surface area contributed by atoms with Gasteiger partial charge in [-0.25, -0.2) is 9.18 Å². The maximum atomic E-state index is 13.4. The number of hydrogen-bond acceptors (Lipinski definition) is 2. The molecular weight excluding hydrogens is 205 g/mol. The second-order valence-electron chi connectivity index (χ2n) is 3.36. The second-order valence-corrected chi connectivity index (χ2v) is 3.80. The quantitative estimate of drug-likeness (QED) is 0.546. The number of benzene rings is 1. The Kier molecular flexibility index (Phi) is 2.14. The Labute approximate surface area is 85.4 Å². The molecule has 1 aliphatic carbocycles. The van der Waals surface area contributed by atoms with E-state index in [-0.39, 0.29) is 0 Å². The Balaban J connectivity index is 2.47. The predicted octanol–water partition coefficient (Wildman–Crippen LogP) is 2.80. The van der Waals surface area contributed by atoms with Crippen molar-refractivity contribution in [2.24, 2.45) is 4.99 Å². The monoisotopic (exact) mass is 211 g/mol. The Morgan fingerprint density at radius 3 is 2.71 bits per heavy atom. The molecule has 0 heterocycles. The molecule has 0 amide bonds. The fourth-order valence-electron chi connectivity index (χ4n) is 1.51. The van der Waals surface area contributed by atoms with E-state index in [0.717, 1.165) is 0 Å². The lowest BCUT2D eigenvalue weighted by atomic mass is 10.1. The zero-order chi connectivity index (χ0) is 10.2.